The van der Waals surface area contributed by atoms with Crippen LogP contribution < -0.4 is 10.9 Å². The molecule has 2 aromatic rings. The third kappa shape index (κ3) is 4.75. The second-order valence-electron chi connectivity index (χ2n) is 4.34. The van der Waals surface area contributed by atoms with Gasteiger partial charge in [0.25, 0.3) is 5.91 Å². The molecule has 1 aromatic heterocycles. The lowest BCUT2D eigenvalue weighted by Gasteiger charge is -2.05. The van der Waals surface area contributed by atoms with Crippen LogP contribution in [0.2, 0.25) is 0 Å². The molecule has 0 fully saturated rings. The van der Waals surface area contributed by atoms with Crippen molar-refractivity contribution in [3.63, 3.8) is 0 Å². The normalized spacial score (nSPS) is 10.3. The summed E-state index contributed by atoms with van der Waals surface area (Å²) in [6.45, 7) is 0.483. The minimum atomic E-state index is -0.244. The van der Waals surface area contributed by atoms with Gasteiger partial charge in [-0.25, -0.2) is 4.39 Å². The summed E-state index contributed by atoms with van der Waals surface area (Å²) >= 11 is 1.55. The van der Waals surface area contributed by atoms with Crippen molar-refractivity contribution in [1.82, 2.24) is 10.3 Å². The number of amides is 1. The van der Waals surface area contributed by atoms with Gasteiger partial charge < -0.3 is 10.3 Å². The number of aromatic amines is 1. The standard InChI is InChI=1S/C15H15FN2O2S/c16-13-4-2-1-3-12(13)10-21-8-7-17-15(20)11-5-6-14(19)18-9-11/h1-6,9H,7-8,10H2,(H,17,20)(H,18,19). The third-order valence-corrected chi connectivity index (χ3v) is 3.80. The Morgan fingerprint density at radius 3 is 2.76 bits per heavy atom. The van der Waals surface area contributed by atoms with Gasteiger partial charge in [0.1, 0.15) is 5.82 Å². The molecule has 0 bridgehead atoms. The number of halogens is 1. The number of aromatic nitrogens is 1. The van der Waals surface area contributed by atoms with Gasteiger partial charge in [0.15, 0.2) is 0 Å². The molecule has 2 N–H and O–H groups in total. The number of hydrogen-bond donors (Lipinski definition) is 2. The van der Waals surface area contributed by atoms with E-state index in [1.54, 1.807) is 30.0 Å². The van der Waals surface area contributed by atoms with E-state index >= 15 is 0 Å². The third-order valence-electron chi connectivity index (χ3n) is 2.79. The van der Waals surface area contributed by atoms with Crippen molar-refractivity contribution in [3.8, 4) is 0 Å². The highest BCUT2D eigenvalue weighted by atomic mass is 32.2. The van der Waals surface area contributed by atoms with Crippen LogP contribution in [-0.2, 0) is 5.75 Å². The molecular weight excluding hydrogens is 291 g/mol. The van der Waals surface area contributed by atoms with Crippen LogP contribution in [0, 0.1) is 5.82 Å². The Balaban J connectivity index is 1.70. The van der Waals surface area contributed by atoms with E-state index in [0.29, 0.717) is 29.2 Å². The molecule has 0 radical (unpaired) electrons. The van der Waals surface area contributed by atoms with Crippen molar-refractivity contribution in [2.75, 3.05) is 12.3 Å². The summed E-state index contributed by atoms with van der Waals surface area (Å²) in [6, 6.07) is 9.43. The van der Waals surface area contributed by atoms with E-state index in [1.807, 2.05) is 0 Å². The molecule has 0 aliphatic carbocycles. The van der Waals surface area contributed by atoms with Gasteiger partial charge in [-0.2, -0.15) is 11.8 Å². The van der Waals surface area contributed by atoms with Crippen LogP contribution in [0.4, 0.5) is 4.39 Å². The van der Waals surface area contributed by atoms with E-state index in [4.69, 9.17) is 0 Å². The minimum Gasteiger partial charge on any atom is -0.351 e. The van der Waals surface area contributed by atoms with E-state index in [9.17, 15) is 14.0 Å². The fourth-order valence-corrected chi connectivity index (χ4v) is 2.53. The zero-order valence-electron chi connectivity index (χ0n) is 11.3. The topological polar surface area (TPSA) is 62.0 Å². The molecule has 0 aliphatic heterocycles. The lowest BCUT2D eigenvalue weighted by molar-refractivity contribution is 0.0956. The first-order valence-corrected chi connectivity index (χ1v) is 7.60. The molecule has 1 heterocycles. The van der Waals surface area contributed by atoms with E-state index in [-0.39, 0.29) is 17.3 Å². The van der Waals surface area contributed by atoms with Crippen LogP contribution in [-0.4, -0.2) is 23.2 Å². The summed E-state index contributed by atoms with van der Waals surface area (Å²) < 4.78 is 13.4. The van der Waals surface area contributed by atoms with Crippen LogP contribution in [0.5, 0.6) is 0 Å². The zero-order valence-corrected chi connectivity index (χ0v) is 12.1. The number of nitrogens with one attached hydrogen (secondary N) is 2. The Bertz CT molecular complexity index is 652. The number of carbonyl (C=O) groups excluding carboxylic acids is 1. The summed E-state index contributed by atoms with van der Waals surface area (Å²) in [5, 5.41) is 2.74. The van der Waals surface area contributed by atoms with Crippen LogP contribution >= 0.6 is 11.8 Å². The summed E-state index contributed by atoms with van der Waals surface area (Å²) in [5.41, 5.74) is 0.829. The molecular formula is C15H15FN2O2S. The molecule has 1 amide bonds. The van der Waals surface area contributed by atoms with Crippen LogP contribution in [0.3, 0.4) is 0 Å². The molecule has 6 heteroatoms. The van der Waals surface area contributed by atoms with Crippen LogP contribution in [0.15, 0.2) is 47.4 Å². The first-order valence-electron chi connectivity index (χ1n) is 6.45. The predicted octanol–water partition coefficient (Wildman–Crippen LogP) is 2.18. The highest BCUT2D eigenvalue weighted by molar-refractivity contribution is 7.98. The summed E-state index contributed by atoms with van der Waals surface area (Å²) in [4.78, 5) is 25.1. The average molecular weight is 306 g/mol. The molecule has 21 heavy (non-hydrogen) atoms. The highest BCUT2D eigenvalue weighted by Gasteiger charge is 2.05. The molecule has 4 nitrogen and oxygen atoms in total. The van der Waals surface area contributed by atoms with Crippen molar-refractivity contribution in [2.24, 2.45) is 0 Å². The SMILES string of the molecule is O=C(NCCSCc1ccccc1F)c1ccc(=O)[nH]c1. The summed E-state index contributed by atoms with van der Waals surface area (Å²) in [6.07, 6.45) is 1.38. The summed E-state index contributed by atoms with van der Waals surface area (Å²) in [7, 11) is 0. The molecule has 0 spiro atoms. The van der Waals surface area contributed by atoms with Gasteiger partial charge in [0, 0.05) is 30.3 Å². The number of H-pyrrole nitrogens is 1. The van der Waals surface area contributed by atoms with Crippen molar-refractivity contribution in [1.29, 1.82) is 0 Å². The van der Waals surface area contributed by atoms with E-state index in [1.165, 1.54) is 24.4 Å². The van der Waals surface area contributed by atoms with Gasteiger partial charge in [-0.3, -0.25) is 9.59 Å². The maximum Gasteiger partial charge on any atom is 0.252 e. The first kappa shape index (κ1) is 15.3. The number of benzene rings is 1. The monoisotopic (exact) mass is 306 g/mol. The Morgan fingerprint density at radius 2 is 2.05 bits per heavy atom. The second-order valence-corrected chi connectivity index (χ2v) is 5.45. The van der Waals surface area contributed by atoms with Gasteiger partial charge in [-0.05, 0) is 17.7 Å². The van der Waals surface area contributed by atoms with Gasteiger partial charge in [0.05, 0.1) is 5.56 Å². The lowest BCUT2D eigenvalue weighted by atomic mass is 10.2. The Kier molecular flexibility index (Phi) is 5.57. The predicted molar refractivity (Wildman–Crippen MR) is 82.0 cm³/mol. The molecule has 110 valence electrons. The second kappa shape index (κ2) is 7.64. The zero-order chi connectivity index (χ0) is 15.1. The fraction of sp³-hybridized carbons (Fsp3) is 0.200. The average Bonchev–Trinajstić information content (AvgIpc) is 2.49. The van der Waals surface area contributed by atoms with Gasteiger partial charge >= 0.3 is 0 Å². The van der Waals surface area contributed by atoms with Crippen LogP contribution in [0.25, 0.3) is 0 Å². The van der Waals surface area contributed by atoms with E-state index in [2.05, 4.69) is 10.3 Å². The van der Waals surface area contributed by atoms with Gasteiger partial charge in [0.2, 0.25) is 5.56 Å². The fourth-order valence-electron chi connectivity index (χ4n) is 1.69. The molecule has 0 unspecified atom stereocenters. The van der Waals surface area contributed by atoms with Crippen molar-refractivity contribution in [2.45, 2.75) is 5.75 Å². The molecule has 0 atom stereocenters. The first-order chi connectivity index (χ1) is 10.2. The molecule has 1 aromatic carbocycles. The van der Waals surface area contributed by atoms with Gasteiger partial charge in [-0.15, -0.1) is 0 Å². The van der Waals surface area contributed by atoms with Crippen molar-refractivity contribution >= 4 is 17.7 Å². The minimum absolute atomic E-state index is 0.206. The van der Waals surface area contributed by atoms with Crippen molar-refractivity contribution in [3.05, 3.63) is 69.9 Å². The number of thioether (sulfide) groups is 1. The van der Waals surface area contributed by atoms with Crippen molar-refractivity contribution < 1.29 is 9.18 Å². The smallest absolute Gasteiger partial charge is 0.252 e. The van der Waals surface area contributed by atoms with Crippen LogP contribution in [0.1, 0.15) is 15.9 Å². The number of hydrogen-bond acceptors (Lipinski definition) is 3. The Hall–Kier alpha value is -2.08. The Labute approximate surface area is 125 Å². The lowest BCUT2D eigenvalue weighted by Crippen LogP contribution is -2.26. The molecule has 0 aliphatic rings. The molecule has 0 saturated heterocycles. The maximum absolute atomic E-state index is 13.4. The number of rotatable bonds is 6. The molecule has 0 saturated carbocycles. The van der Waals surface area contributed by atoms with E-state index in [0.717, 1.165) is 0 Å². The van der Waals surface area contributed by atoms with Gasteiger partial charge in [-0.1, -0.05) is 18.2 Å². The summed E-state index contributed by atoms with van der Waals surface area (Å²) in [5.74, 6) is 0.810. The number of carbonyl (C=O) groups is 1. The quantitative estimate of drug-likeness (QED) is 0.804. The van der Waals surface area contributed by atoms with E-state index < -0.39 is 0 Å². The maximum atomic E-state index is 13.4. The molecule has 2 rings (SSSR count). The Morgan fingerprint density at radius 1 is 1.24 bits per heavy atom. The largest absolute Gasteiger partial charge is 0.351 e. The highest BCUT2D eigenvalue weighted by Crippen LogP contribution is 2.14. The number of pyridine rings is 1.